The van der Waals surface area contributed by atoms with E-state index in [1.54, 1.807) is 17.5 Å². The predicted octanol–water partition coefficient (Wildman–Crippen LogP) is 5.24. The maximum absolute atomic E-state index is 13.3. The molecule has 3 heterocycles. The molecule has 1 unspecified atom stereocenters. The average molecular weight is 502 g/mol. The van der Waals surface area contributed by atoms with Crippen molar-refractivity contribution in [2.75, 3.05) is 13.1 Å². The van der Waals surface area contributed by atoms with E-state index in [-0.39, 0.29) is 24.5 Å². The first-order valence-electron chi connectivity index (χ1n) is 12.0. The molecule has 8 heteroatoms. The van der Waals surface area contributed by atoms with Gasteiger partial charge in [-0.25, -0.2) is 4.98 Å². The Balaban J connectivity index is 1.39. The summed E-state index contributed by atoms with van der Waals surface area (Å²) < 4.78 is 11.5. The van der Waals surface area contributed by atoms with Crippen molar-refractivity contribution in [3.63, 3.8) is 0 Å². The van der Waals surface area contributed by atoms with Gasteiger partial charge in [0.15, 0.2) is 5.76 Å². The summed E-state index contributed by atoms with van der Waals surface area (Å²) in [7, 11) is 0. The van der Waals surface area contributed by atoms with Crippen molar-refractivity contribution in [3.05, 3.63) is 105 Å². The number of rotatable bonds is 8. The fourth-order valence-electron chi connectivity index (χ4n) is 4.39. The molecule has 4 aromatic rings. The zero-order chi connectivity index (χ0) is 24.9. The first kappa shape index (κ1) is 23.8. The van der Waals surface area contributed by atoms with Crippen LogP contribution in [0.5, 0.6) is 5.75 Å². The van der Waals surface area contributed by atoms with Crippen LogP contribution in [0.3, 0.4) is 0 Å². The summed E-state index contributed by atoms with van der Waals surface area (Å²) >= 11 is 1.40. The number of amides is 2. The number of nitrogens with zero attached hydrogens (tertiary/aromatic N) is 2. The Kier molecular flexibility index (Phi) is 7.13. The second-order valence-corrected chi connectivity index (χ2v) is 9.51. The van der Waals surface area contributed by atoms with Crippen LogP contribution in [0, 0.1) is 0 Å². The van der Waals surface area contributed by atoms with Gasteiger partial charge in [-0.15, -0.1) is 11.3 Å². The summed E-state index contributed by atoms with van der Waals surface area (Å²) in [6.45, 7) is 3.48. The molecule has 5 rings (SSSR count). The molecular weight excluding hydrogens is 474 g/mol. The van der Waals surface area contributed by atoms with E-state index in [9.17, 15) is 9.59 Å². The Bertz CT molecular complexity index is 1330. The van der Waals surface area contributed by atoms with Crippen LogP contribution in [-0.2, 0) is 13.0 Å². The van der Waals surface area contributed by atoms with Crippen LogP contribution in [0.4, 0.5) is 0 Å². The zero-order valence-corrected chi connectivity index (χ0v) is 20.8. The minimum Gasteiger partial charge on any atom is -0.486 e. The minimum absolute atomic E-state index is 0.137. The number of nitrogens with one attached hydrogen (secondary N) is 1. The molecule has 2 aromatic heterocycles. The van der Waals surface area contributed by atoms with E-state index in [0.717, 1.165) is 29.0 Å². The highest BCUT2D eigenvalue weighted by atomic mass is 32.1. The van der Waals surface area contributed by atoms with E-state index in [2.05, 4.69) is 16.4 Å². The van der Waals surface area contributed by atoms with Crippen molar-refractivity contribution in [2.45, 2.75) is 32.4 Å². The first-order valence-corrected chi connectivity index (χ1v) is 12.9. The Morgan fingerprint density at radius 1 is 1.17 bits per heavy atom. The normalized spacial score (nSPS) is 14.8. The molecule has 0 saturated heterocycles. The van der Waals surface area contributed by atoms with Gasteiger partial charge in [0.25, 0.3) is 11.8 Å². The van der Waals surface area contributed by atoms with Crippen molar-refractivity contribution >= 4 is 23.2 Å². The van der Waals surface area contributed by atoms with Crippen LogP contribution in [0.15, 0.2) is 76.7 Å². The Morgan fingerprint density at radius 2 is 2.03 bits per heavy atom. The van der Waals surface area contributed by atoms with Crippen LogP contribution in [0.25, 0.3) is 0 Å². The van der Waals surface area contributed by atoms with Gasteiger partial charge >= 0.3 is 0 Å². The number of benzene rings is 2. The summed E-state index contributed by atoms with van der Waals surface area (Å²) in [5.74, 6) is 0.714. The second kappa shape index (κ2) is 10.8. The molecule has 2 aromatic carbocycles. The van der Waals surface area contributed by atoms with Crippen LogP contribution < -0.4 is 10.1 Å². The predicted molar refractivity (Wildman–Crippen MR) is 137 cm³/mol. The molecule has 2 amide bonds. The maximum atomic E-state index is 13.3. The van der Waals surface area contributed by atoms with Gasteiger partial charge in [-0.2, -0.15) is 0 Å². The summed E-state index contributed by atoms with van der Waals surface area (Å²) in [5, 5.41) is 5.31. The van der Waals surface area contributed by atoms with E-state index in [1.807, 2.05) is 54.3 Å². The average Bonchev–Trinajstić information content (AvgIpc) is 3.63. The van der Waals surface area contributed by atoms with E-state index in [0.29, 0.717) is 30.3 Å². The van der Waals surface area contributed by atoms with Gasteiger partial charge in [0.05, 0.1) is 12.3 Å². The van der Waals surface area contributed by atoms with Gasteiger partial charge in [0.1, 0.15) is 23.1 Å². The minimum atomic E-state index is -0.259. The lowest BCUT2D eigenvalue weighted by Crippen LogP contribution is -2.40. The van der Waals surface area contributed by atoms with Gasteiger partial charge in [0, 0.05) is 18.5 Å². The molecule has 1 N–H and O–H groups in total. The SMILES string of the molecule is CCCNC(=O)c1csc(COc2ccc3c(c2)C(c2ccccc2)N(C(=O)c2ccco2)CC3)n1. The van der Waals surface area contributed by atoms with Crippen LogP contribution >= 0.6 is 11.3 Å². The van der Waals surface area contributed by atoms with E-state index >= 15 is 0 Å². The quantitative estimate of drug-likeness (QED) is 0.357. The number of carbonyl (C=O) groups is 2. The van der Waals surface area contributed by atoms with Crippen molar-refractivity contribution in [1.29, 1.82) is 0 Å². The van der Waals surface area contributed by atoms with Crippen molar-refractivity contribution in [3.8, 4) is 5.75 Å². The van der Waals surface area contributed by atoms with Gasteiger partial charge in [-0.3, -0.25) is 9.59 Å². The molecule has 0 saturated carbocycles. The molecule has 1 aliphatic rings. The van der Waals surface area contributed by atoms with Gasteiger partial charge in [-0.05, 0) is 53.8 Å². The maximum Gasteiger partial charge on any atom is 0.290 e. The Hall–Kier alpha value is -3.91. The highest BCUT2D eigenvalue weighted by molar-refractivity contribution is 7.09. The molecule has 1 aliphatic heterocycles. The van der Waals surface area contributed by atoms with Crippen molar-refractivity contribution < 1.29 is 18.7 Å². The summed E-state index contributed by atoms with van der Waals surface area (Å²) in [4.78, 5) is 31.8. The molecule has 0 fully saturated rings. The van der Waals surface area contributed by atoms with E-state index in [1.165, 1.54) is 23.2 Å². The third kappa shape index (κ3) is 5.04. The number of fused-ring (bicyclic) bond motifs is 1. The lowest BCUT2D eigenvalue weighted by atomic mass is 9.87. The molecule has 1 atom stereocenters. The highest BCUT2D eigenvalue weighted by Gasteiger charge is 2.34. The summed E-state index contributed by atoms with van der Waals surface area (Å²) in [5.41, 5.74) is 3.65. The number of hydrogen-bond donors (Lipinski definition) is 1. The number of ether oxygens (including phenoxy) is 1. The Morgan fingerprint density at radius 3 is 2.81 bits per heavy atom. The number of aromatic nitrogens is 1. The van der Waals surface area contributed by atoms with Gasteiger partial charge in [-0.1, -0.05) is 43.3 Å². The monoisotopic (exact) mass is 501 g/mol. The first-order chi connectivity index (χ1) is 17.6. The van der Waals surface area contributed by atoms with E-state index < -0.39 is 0 Å². The third-order valence-corrected chi connectivity index (χ3v) is 6.96. The van der Waals surface area contributed by atoms with Gasteiger partial charge < -0.3 is 19.4 Å². The summed E-state index contributed by atoms with van der Waals surface area (Å²) in [6, 6.07) is 19.2. The molecule has 0 radical (unpaired) electrons. The fraction of sp³-hybridized carbons (Fsp3) is 0.250. The zero-order valence-electron chi connectivity index (χ0n) is 20.0. The topological polar surface area (TPSA) is 84.7 Å². The van der Waals surface area contributed by atoms with Crippen molar-refractivity contribution in [1.82, 2.24) is 15.2 Å². The molecule has 7 nitrogen and oxygen atoms in total. The molecule has 36 heavy (non-hydrogen) atoms. The smallest absolute Gasteiger partial charge is 0.290 e. The number of hydrogen-bond acceptors (Lipinski definition) is 6. The van der Waals surface area contributed by atoms with Crippen LogP contribution in [0.1, 0.15) is 62.1 Å². The largest absolute Gasteiger partial charge is 0.486 e. The van der Waals surface area contributed by atoms with Crippen molar-refractivity contribution in [2.24, 2.45) is 0 Å². The lowest BCUT2D eigenvalue weighted by molar-refractivity contribution is 0.0661. The van der Waals surface area contributed by atoms with Crippen LogP contribution in [0.2, 0.25) is 0 Å². The highest BCUT2D eigenvalue weighted by Crippen LogP contribution is 2.38. The standard InChI is InChI=1S/C28H27N3O4S/c1-2-13-29-27(32)23-18-36-25(30-23)17-35-21-11-10-19-12-14-31(28(33)24-9-6-15-34-24)26(22(19)16-21)20-7-4-3-5-8-20/h3-11,15-16,18,26H,2,12-14,17H2,1H3,(H,29,32). The molecular formula is C28H27N3O4S. The second-order valence-electron chi connectivity index (χ2n) is 8.57. The number of furan rings is 1. The lowest BCUT2D eigenvalue weighted by Gasteiger charge is -2.37. The van der Waals surface area contributed by atoms with Crippen LogP contribution in [-0.4, -0.2) is 34.8 Å². The number of carbonyl (C=O) groups excluding carboxylic acids is 2. The van der Waals surface area contributed by atoms with E-state index in [4.69, 9.17) is 9.15 Å². The molecule has 0 aliphatic carbocycles. The summed E-state index contributed by atoms with van der Waals surface area (Å²) in [6.07, 6.45) is 3.14. The Labute approximate surface area is 213 Å². The van der Waals surface area contributed by atoms with Gasteiger partial charge in [0.2, 0.25) is 0 Å². The third-order valence-electron chi connectivity index (χ3n) is 6.14. The molecule has 184 valence electrons. The fourth-order valence-corrected chi connectivity index (χ4v) is 5.08. The number of thiazole rings is 1. The molecule has 0 bridgehead atoms. The molecule has 0 spiro atoms.